The molecule has 0 bridgehead atoms. The number of hydrogen-bond donors (Lipinski definition) is 2. The van der Waals surface area contributed by atoms with Crippen LogP contribution in [0.25, 0.3) is 22.1 Å². The highest BCUT2D eigenvalue weighted by Crippen LogP contribution is 2.30. The van der Waals surface area contributed by atoms with Crippen molar-refractivity contribution in [2.45, 2.75) is 138 Å². The Labute approximate surface area is 345 Å². The van der Waals surface area contributed by atoms with Crippen LogP contribution in [0.4, 0.5) is 11.5 Å². The molecule has 0 atom stereocenters. The van der Waals surface area contributed by atoms with Crippen molar-refractivity contribution < 1.29 is 0 Å². The fourth-order valence-electron chi connectivity index (χ4n) is 7.72. The molecule has 0 unspecified atom stereocenters. The molecule has 0 aliphatic heterocycles. The molecule has 0 saturated heterocycles. The minimum atomic E-state index is 0.758. The maximum absolute atomic E-state index is 6.10. The lowest BCUT2D eigenvalue weighted by molar-refractivity contribution is 0.852. The average molecular weight is 783 g/mol. The molecule has 10 nitrogen and oxygen atoms in total. The highest BCUT2D eigenvalue weighted by Gasteiger charge is 2.17. The van der Waals surface area contributed by atoms with Crippen molar-refractivity contribution in [3.63, 3.8) is 0 Å². The number of nitrogens with zero attached hydrogens (tertiary/aromatic N) is 8. The normalized spacial score (nSPS) is 11.2. The largest absolute Gasteiger partial charge is 0.397 e. The van der Waals surface area contributed by atoms with Gasteiger partial charge in [-0.05, 0) is 222 Å². The van der Waals surface area contributed by atoms with Crippen LogP contribution in [0.1, 0.15) is 112 Å². The predicted octanol–water partition coefficient (Wildman–Crippen LogP) is 10.7. The van der Waals surface area contributed by atoms with E-state index in [-0.39, 0.29) is 0 Å². The molecular formula is C48H66N10. The van der Waals surface area contributed by atoms with Gasteiger partial charge < -0.3 is 11.5 Å². The second kappa shape index (κ2) is 16.0. The van der Waals surface area contributed by atoms with Crippen LogP contribution in [0.3, 0.4) is 0 Å². The minimum absolute atomic E-state index is 0.758. The molecule has 4 N–H and O–H groups in total. The van der Waals surface area contributed by atoms with Gasteiger partial charge in [-0.3, -0.25) is 0 Å². The molecule has 0 aliphatic rings. The molecule has 8 rings (SSSR count). The lowest BCUT2D eigenvalue weighted by Crippen LogP contribution is -2.03. The zero-order valence-corrected chi connectivity index (χ0v) is 38.9. The molecule has 0 radical (unpaired) electrons. The summed E-state index contributed by atoms with van der Waals surface area (Å²) in [5, 5.41) is 18.2. The number of aromatic nitrogens is 8. The van der Waals surface area contributed by atoms with Gasteiger partial charge in [0.15, 0.2) is 0 Å². The Morgan fingerprint density at radius 3 is 1.34 bits per heavy atom. The number of anilines is 2. The topological polar surface area (TPSA) is 121 Å². The number of hydrogen-bond acceptors (Lipinski definition) is 6. The van der Waals surface area contributed by atoms with E-state index in [9.17, 15) is 0 Å². The van der Waals surface area contributed by atoms with Gasteiger partial charge >= 0.3 is 0 Å². The van der Waals surface area contributed by atoms with E-state index >= 15 is 0 Å². The van der Waals surface area contributed by atoms with Crippen LogP contribution in [-0.4, -0.2) is 38.5 Å². The van der Waals surface area contributed by atoms with Crippen LogP contribution in [-0.2, 0) is 0 Å². The van der Waals surface area contributed by atoms with E-state index < -0.39 is 0 Å². The summed E-state index contributed by atoms with van der Waals surface area (Å²) in [4.78, 5) is 0. The van der Waals surface area contributed by atoms with Crippen molar-refractivity contribution in [3.05, 3.63) is 124 Å². The second-order valence-electron chi connectivity index (χ2n) is 16.6. The monoisotopic (exact) mass is 783 g/mol. The van der Waals surface area contributed by atoms with E-state index in [4.69, 9.17) is 11.5 Å². The summed E-state index contributed by atoms with van der Waals surface area (Å²) in [6.07, 6.45) is 2.10. The van der Waals surface area contributed by atoms with E-state index in [1.165, 1.54) is 83.5 Å². The number of rotatable bonds is 0. The van der Waals surface area contributed by atoms with Gasteiger partial charge in [0.05, 0.1) is 50.5 Å². The SMILES string of the molecule is Cc1cc2c(C)c(C)c(C)nn2c1C.Cc1cn2nc(C)c(C)c(C)c2c1C.Cc1nn2c(C)c(C)c(N)c2c(C)c1C.Cc1nn2c(N)c(C)c(C)c2c(C)c1C. The quantitative estimate of drug-likeness (QED) is 0.158. The Balaban J connectivity index is 0.000000147. The first-order valence-corrected chi connectivity index (χ1v) is 20.2. The number of nitrogen functional groups attached to an aromatic ring is 2. The third-order valence-corrected chi connectivity index (χ3v) is 13.3. The Morgan fingerprint density at radius 2 is 0.793 bits per heavy atom. The van der Waals surface area contributed by atoms with Crippen LogP contribution in [0.15, 0.2) is 12.3 Å². The van der Waals surface area contributed by atoms with Gasteiger partial charge in [0.25, 0.3) is 0 Å². The summed E-state index contributed by atoms with van der Waals surface area (Å²) in [7, 11) is 0. The first kappa shape index (κ1) is 43.5. The zero-order chi connectivity index (χ0) is 43.6. The summed E-state index contributed by atoms with van der Waals surface area (Å²) in [6, 6.07) is 2.21. The van der Waals surface area contributed by atoms with Gasteiger partial charge in [0.1, 0.15) is 5.82 Å². The van der Waals surface area contributed by atoms with Crippen LogP contribution >= 0.6 is 0 Å². The minimum Gasteiger partial charge on any atom is -0.397 e. The van der Waals surface area contributed by atoms with E-state index in [1.54, 1.807) is 0 Å². The molecular weight excluding hydrogens is 717 g/mol. The standard InChI is InChI=1S/2C12H17N3.2C12H16N2/c1-6-7(2)11-8(3)9(4)12(13)15(11)14-10(6)5;1-6-7(2)12-11(13)8(3)10(5)15(12)14-9(6)4;1-7-6-12-9(3)8(2)10(4)13-14(12)11(7)5;1-7-6-14-12(8(7)2)10(4)9(3)11(5)13-14/h2*13H2,1-5H3;2*6H,1-5H3. The number of fused-ring (bicyclic) bond motifs is 4. The molecule has 0 amide bonds. The zero-order valence-electron chi connectivity index (χ0n) is 38.9. The molecule has 8 aromatic heterocycles. The Morgan fingerprint density at radius 1 is 0.362 bits per heavy atom. The summed E-state index contributed by atoms with van der Waals surface area (Å²) in [6.45, 7) is 42.0. The molecule has 308 valence electrons. The molecule has 58 heavy (non-hydrogen) atoms. The van der Waals surface area contributed by atoms with E-state index in [2.05, 4.69) is 143 Å². The van der Waals surface area contributed by atoms with Gasteiger partial charge in [-0.1, -0.05) is 0 Å². The molecule has 0 aliphatic carbocycles. The van der Waals surface area contributed by atoms with Crippen LogP contribution in [0.5, 0.6) is 0 Å². The fourth-order valence-corrected chi connectivity index (χ4v) is 7.72. The first-order valence-electron chi connectivity index (χ1n) is 20.2. The Bertz CT molecular complexity index is 2800. The lowest BCUT2D eigenvalue weighted by Gasteiger charge is -2.08. The summed E-state index contributed by atoms with van der Waals surface area (Å²) < 4.78 is 7.87. The molecule has 0 saturated carbocycles. The number of aryl methyl sites for hydroxylation is 14. The molecule has 10 heteroatoms. The van der Waals surface area contributed by atoms with Crippen molar-refractivity contribution in [2.75, 3.05) is 11.5 Å². The summed E-state index contributed by atoms with van der Waals surface area (Å²) in [5.41, 5.74) is 42.2. The molecule has 8 aromatic rings. The van der Waals surface area contributed by atoms with E-state index in [1.807, 2.05) is 45.8 Å². The first-order chi connectivity index (χ1) is 26.9. The lowest BCUT2D eigenvalue weighted by atomic mass is 10.1. The van der Waals surface area contributed by atoms with Gasteiger partial charge in [0, 0.05) is 17.6 Å². The molecule has 0 aromatic carbocycles. The van der Waals surface area contributed by atoms with Gasteiger partial charge in [-0.2, -0.15) is 20.4 Å². The van der Waals surface area contributed by atoms with Gasteiger partial charge in [-0.15, -0.1) is 0 Å². The summed E-state index contributed by atoms with van der Waals surface area (Å²) in [5.74, 6) is 0.758. The Kier molecular flexibility index (Phi) is 12.0. The fraction of sp³-hybridized carbons (Fsp3) is 0.417. The van der Waals surface area contributed by atoms with Crippen LogP contribution in [0.2, 0.25) is 0 Å². The van der Waals surface area contributed by atoms with Crippen LogP contribution in [0, 0.1) is 138 Å². The smallest absolute Gasteiger partial charge is 0.128 e. The maximum atomic E-state index is 6.10. The van der Waals surface area contributed by atoms with Gasteiger partial charge in [0.2, 0.25) is 0 Å². The van der Waals surface area contributed by atoms with Gasteiger partial charge in [-0.25, -0.2) is 18.1 Å². The summed E-state index contributed by atoms with van der Waals surface area (Å²) >= 11 is 0. The van der Waals surface area contributed by atoms with Crippen molar-refractivity contribution in [2.24, 2.45) is 0 Å². The second-order valence-corrected chi connectivity index (χ2v) is 16.6. The van der Waals surface area contributed by atoms with Crippen LogP contribution < -0.4 is 11.5 Å². The van der Waals surface area contributed by atoms with Crippen molar-refractivity contribution in [1.29, 1.82) is 0 Å². The maximum Gasteiger partial charge on any atom is 0.128 e. The molecule has 8 heterocycles. The molecule has 0 fully saturated rings. The van der Waals surface area contributed by atoms with Crippen molar-refractivity contribution in [3.8, 4) is 0 Å². The highest BCUT2D eigenvalue weighted by molar-refractivity contribution is 5.79. The third kappa shape index (κ3) is 7.22. The average Bonchev–Trinajstić information content (AvgIpc) is 3.78. The third-order valence-electron chi connectivity index (χ3n) is 13.3. The molecule has 0 spiro atoms. The Hall–Kier alpha value is -5.64. The van der Waals surface area contributed by atoms with E-state index in [0.29, 0.717) is 0 Å². The highest BCUT2D eigenvalue weighted by atomic mass is 15.3. The number of nitrogens with two attached hydrogens (primary N) is 2. The predicted molar refractivity (Wildman–Crippen MR) is 244 cm³/mol. The van der Waals surface area contributed by atoms with Crippen molar-refractivity contribution in [1.82, 2.24) is 38.5 Å². The van der Waals surface area contributed by atoms with Crippen molar-refractivity contribution >= 4 is 33.6 Å². The van der Waals surface area contributed by atoms with E-state index in [0.717, 1.165) is 62.1 Å².